The summed E-state index contributed by atoms with van der Waals surface area (Å²) in [4.78, 5) is 13.7. The summed E-state index contributed by atoms with van der Waals surface area (Å²) >= 11 is 0. The minimum Gasteiger partial charge on any atom is -0.360 e. The lowest BCUT2D eigenvalue weighted by Gasteiger charge is -2.31. The van der Waals surface area contributed by atoms with Gasteiger partial charge in [0.15, 0.2) is 0 Å². The van der Waals surface area contributed by atoms with Gasteiger partial charge in [-0.1, -0.05) is 18.2 Å². The zero-order valence-electron chi connectivity index (χ0n) is 10.5. The summed E-state index contributed by atoms with van der Waals surface area (Å²) in [6.45, 7) is 4.28. The van der Waals surface area contributed by atoms with Gasteiger partial charge in [-0.15, -0.1) is 0 Å². The second-order valence-corrected chi connectivity index (χ2v) is 5.02. The molecule has 0 aromatic heterocycles. The number of benzene rings is 1. The molecule has 2 N–H and O–H groups in total. The number of carbonyl (C=O) groups is 1. The number of hydrogen-bond acceptors (Lipinski definition) is 3. The Hall–Kier alpha value is -1.55. The fraction of sp³-hybridized carbons (Fsp3) is 0.500. The summed E-state index contributed by atoms with van der Waals surface area (Å²) in [6.07, 6.45) is 1.19. The quantitative estimate of drug-likeness (QED) is 0.806. The second-order valence-electron chi connectivity index (χ2n) is 5.02. The molecule has 2 aliphatic rings. The molecule has 1 amide bonds. The van der Waals surface area contributed by atoms with E-state index in [1.807, 2.05) is 0 Å². The predicted molar refractivity (Wildman–Crippen MR) is 71.9 cm³/mol. The average Bonchev–Trinajstić information content (AvgIpc) is 2.92. The molecule has 18 heavy (non-hydrogen) atoms. The van der Waals surface area contributed by atoms with Crippen molar-refractivity contribution in [2.45, 2.75) is 12.3 Å². The number of hydrogen-bond donors (Lipinski definition) is 2. The predicted octanol–water partition coefficient (Wildman–Crippen LogP) is 0.700. The first-order valence-electron chi connectivity index (χ1n) is 6.66. The van der Waals surface area contributed by atoms with Crippen molar-refractivity contribution in [3.8, 4) is 0 Å². The molecule has 0 aliphatic carbocycles. The Labute approximate surface area is 107 Å². The van der Waals surface area contributed by atoms with E-state index in [4.69, 9.17) is 0 Å². The first kappa shape index (κ1) is 11.5. The summed E-state index contributed by atoms with van der Waals surface area (Å²) in [5.74, 6) is 0.715. The van der Waals surface area contributed by atoms with Crippen LogP contribution >= 0.6 is 0 Å². The molecule has 2 heterocycles. The van der Waals surface area contributed by atoms with E-state index in [0.717, 1.165) is 26.2 Å². The lowest BCUT2D eigenvalue weighted by molar-refractivity contribution is -0.120. The lowest BCUT2D eigenvalue weighted by Crippen LogP contribution is -2.48. The molecule has 1 aromatic carbocycles. The fourth-order valence-electron chi connectivity index (χ4n) is 2.89. The number of carbonyl (C=O) groups excluding carboxylic acids is 1. The van der Waals surface area contributed by atoms with Crippen LogP contribution in [0, 0.1) is 0 Å². The van der Waals surface area contributed by atoms with Crippen molar-refractivity contribution < 1.29 is 4.79 Å². The number of anilines is 1. The summed E-state index contributed by atoms with van der Waals surface area (Å²) < 4.78 is 0. The maximum atomic E-state index is 11.5. The molecule has 0 saturated carbocycles. The first-order chi connectivity index (χ1) is 8.84. The first-order valence-corrected chi connectivity index (χ1v) is 6.66. The number of para-hydroxylation sites is 1. The number of nitrogens with zero attached hydrogens (tertiary/aromatic N) is 1. The number of nitrogens with one attached hydrogen (secondary N) is 2. The summed E-state index contributed by atoms with van der Waals surface area (Å²) in [5.41, 5.74) is 2.62. The van der Waals surface area contributed by atoms with Crippen molar-refractivity contribution in [2.24, 2.45) is 0 Å². The highest BCUT2D eigenvalue weighted by atomic mass is 16.2. The minimum absolute atomic E-state index is 0.126. The van der Waals surface area contributed by atoms with E-state index >= 15 is 0 Å². The van der Waals surface area contributed by atoms with Gasteiger partial charge >= 0.3 is 0 Å². The maximum Gasteiger partial charge on any atom is 0.239 e. The Morgan fingerprint density at radius 2 is 2.11 bits per heavy atom. The summed E-state index contributed by atoms with van der Waals surface area (Å²) in [6, 6.07) is 8.51. The van der Waals surface area contributed by atoms with Crippen molar-refractivity contribution >= 4 is 11.6 Å². The van der Waals surface area contributed by atoms with E-state index < -0.39 is 0 Å². The highest BCUT2D eigenvalue weighted by Crippen LogP contribution is 2.31. The lowest BCUT2D eigenvalue weighted by atomic mass is 9.96. The molecule has 1 atom stereocenters. The van der Waals surface area contributed by atoms with E-state index in [9.17, 15) is 4.79 Å². The average molecular weight is 245 g/mol. The van der Waals surface area contributed by atoms with Gasteiger partial charge in [0.1, 0.15) is 0 Å². The Bertz CT molecular complexity index is 440. The molecule has 2 fully saturated rings. The molecular weight excluding hydrogens is 226 g/mol. The maximum absolute atomic E-state index is 11.5. The van der Waals surface area contributed by atoms with E-state index in [2.05, 4.69) is 39.8 Å². The molecule has 4 nitrogen and oxygen atoms in total. The van der Waals surface area contributed by atoms with Crippen LogP contribution in [0.25, 0.3) is 0 Å². The van der Waals surface area contributed by atoms with Crippen molar-refractivity contribution in [1.29, 1.82) is 0 Å². The van der Waals surface area contributed by atoms with Crippen LogP contribution < -0.4 is 15.5 Å². The van der Waals surface area contributed by atoms with Gasteiger partial charge in [0, 0.05) is 25.3 Å². The third-order valence-electron chi connectivity index (χ3n) is 3.82. The van der Waals surface area contributed by atoms with Gasteiger partial charge in [-0.2, -0.15) is 0 Å². The highest BCUT2D eigenvalue weighted by molar-refractivity contribution is 5.83. The van der Waals surface area contributed by atoms with Gasteiger partial charge in [-0.3, -0.25) is 4.79 Å². The SMILES string of the molecule is O=C1CN(c2ccccc2C2CCNC2)CCN1. The molecule has 0 spiro atoms. The zero-order valence-corrected chi connectivity index (χ0v) is 10.5. The molecule has 0 radical (unpaired) electrons. The van der Waals surface area contributed by atoms with Crippen molar-refractivity contribution in [3.63, 3.8) is 0 Å². The van der Waals surface area contributed by atoms with Crippen LogP contribution in [0.3, 0.4) is 0 Å². The Balaban J connectivity index is 1.88. The van der Waals surface area contributed by atoms with E-state index in [-0.39, 0.29) is 5.91 Å². The molecule has 2 saturated heterocycles. The number of amides is 1. The van der Waals surface area contributed by atoms with Crippen LogP contribution in [0.15, 0.2) is 24.3 Å². The van der Waals surface area contributed by atoms with E-state index in [1.54, 1.807) is 0 Å². The monoisotopic (exact) mass is 245 g/mol. The van der Waals surface area contributed by atoms with E-state index in [0.29, 0.717) is 12.5 Å². The van der Waals surface area contributed by atoms with Crippen LogP contribution in [0.1, 0.15) is 17.9 Å². The van der Waals surface area contributed by atoms with Crippen LogP contribution in [0.2, 0.25) is 0 Å². The molecule has 1 unspecified atom stereocenters. The third-order valence-corrected chi connectivity index (χ3v) is 3.82. The molecule has 96 valence electrons. The summed E-state index contributed by atoms with van der Waals surface area (Å²) in [7, 11) is 0. The summed E-state index contributed by atoms with van der Waals surface area (Å²) in [5, 5.41) is 6.29. The van der Waals surface area contributed by atoms with Crippen molar-refractivity contribution in [3.05, 3.63) is 29.8 Å². The van der Waals surface area contributed by atoms with Crippen LogP contribution in [-0.4, -0.2) is 38.6 Å². The molecular formula is C14H19N3O. The smallest absolute Gasteiger partial charge is 0.239 e. The van der Waals surface area contributed by atoms with Gasteiger partial charge in [0.2, 0.25) is 5.91 Å². The zero-order chi connectivity index (χ0) is 12.4. The van der Waals surface area contributed by atoms with Crippen LogP contribution in [0.5, 0.6) is 0 Å². The molecule has 3 rings (SSSR count). The Morgan fingerprint density at radius 1 is 1.22 bits per heavy atom. The molecule has 4 heteroatoms. The van der Waals surface area contributed by atoms with Gasteiger partial charge in [0.05, 0.1) is 6.54 Å². The second kappa shape index (κ2) is 4.98. The molecule has 1 aromatic rings. The largest absolute Gasteiger partial charge is 0.360 e. The van der Waals surface area contributed by atoms with Crippen LogP contribution in [0.4, 0.5) is 5.69 Å². The highest BCUT2D eigenvalue weighted by Gasteiger charge is 2.24. The number of rotatable bonds is 2. The standard InChI is InChI=1S/C14H19N3O/c18-14-10-17(8-7-16-14)13-4-2-1-3-12(13)11-5-6-15-9-11/h1-4,11,15H,5-10H2,(H,16,18). The van der Waals surface area contributed by atoms with Crippen molar-refractivity contribution in [1.82, 2.24) is 10.6 Å². The Morgan fingerprint density at radius 3 is 2.89 bits per heavy atom. The molecule has 0 bridgehead atoms. The van der Waals surface area contributed by atoms with Gasteiger partial charge in [-0.05, 0) is 30.5 Å². The molecule has 2 aliphatic heterocycles. The Kier molecular flexibility index (Phi) is 3.19. The minimum atomic E-state index is 0.126. The van der Waals surface area contributed by atoms with E-state index in [1.165, 1.54) is 17.7 Å². The normalized spacial score (nSPS) is 24.1. The fourth-order valence-corrected chi connectivity index (χ4v) is 2.89. The third kappa shape index (κ3) is 2.20. The van der Waals surface area contributed by atoms with Crippen LogP contribution in [-0.2, 0) is 4.79 Å². The topological polar surface area (TPSA) is 44.4 Å². The van der Waals surface area contributed by atoms with Gasteiger partial charge in [-0.25, -0.2) is 0 Å². The van der Waals surface area contributed by atoms with Gasteiger partial charge in [0.25, 0.3) is 0 Å². The van der Waals surface area contributed by atoms with Crippen molar-refractivity contribution in [2.75, 3.05) is 37.6 Å². The van der Waals surface area contributed by atoms with Gasteiger partial charge < -0.3 is 15.5 Å². The number of piperazine rings is 1.